The van der Waals surface area contributed by atoms with Gasteiger partial charge >= 0.3 is 6.18 Å². The molecule has 7 heteroatoms. The number of aryl methyl sites for hydroxylation is 1. The molecule has 0 saturated carbocycles. The van der Waals surface area contributed by atoms with Gasteiger partial charge in [0.05, 0.1) is 0 Å². The Morgan fingerprint density at radius 1 is 1.43 bits per heavy atom. The maximum atomic E-state index is 11.9. The molecule has 0 aromatic heterocycles. The zero-order valence-corrected chi connectivity index (χ0v) is 11.4. The van der Waals surface area contributed by atoms with Crippen LogP contribution in [0.5, 0.6) is 5.75 Å². The number of rotatable bonds is 4. The van der Waals surface area contributed by atoms with E-state index in [1.54, 1.807) is 17.4 Å². The van der Waals surface area contributed by atoms with Gasteiger partial charge in [-0.2, -0.15) is 13.2 Å². The first kappa shape index (κ1) is 15.6. The summed E-state index contributed by atoms with van der Waals surface area (Å²) in [7, 11) is 0. The molecule has 116 valence electrons. The molecule has 0 radical (unpaired) electrons. The van der Waals surface area contributed by atoms with Crippen molar-refractivity contribution in [1.29, 1.82) is 0 Å². The van der Waals surface area contributed by atoms with Crippen LogP contribution in [-0.4, -0.2) is 25.2 Å². The molecule has 1 unspecified atom stereocenters. The van der Waals surface area contributed by atoms with E-state index < -0.39 is 25.2 Å². The summed E-state index contributed by atoms with van der Waals surface area (Å²) in [5, 5.41) is 1.75. The molecule has 0 fully saturated rings. The number of hydrogen-bond acceptors (Lipinski definition) is 3. The van der Waals surface area contributed by atoms with Gasteiger partial charge in [-0.3, -0.25) is 4.79 Å². The molecule has 1 atom stereocenters. The highest BCUT2D eigenvalue weighted by molar-refractivity contribution is 5.77. The molecule has 3 N–H and O–H groups in total. The fourth-order valence-corrected chi connectivity index (χ4v) is 2.32. The number of ether oxygens (including phenoxy) is 1. The second-order valence-corrected chi connectivity index (χ2v) is 5.04. The van der Waals surface area contributed by atoms with Crippen molar-refractivity contribution < 1.29 is 22.7 Å². The third-order valence-corrected chi connectivity index (χ3v) is 3.33. The van der Waals surface area contributed by atoms with Crippen LogP contribution in [0.3, 0.4) is 0 Å². The van der Waals surface area contributed by atoms with Gasteiger partial charge < -0.3 is 15.8 Å². The maximum absolute atomic E-state index is 11.9. The highest BCUT2D eigenvalue weighted by atomic mass is 19.4. The molecule has 0 saturated heterocycles. The van der Waals surface area contributed by atoms with E-state index in [0.717, 1.165) is 30.4 Å². The van der Waals surface area contributed by atoms with Crippen molar-refractivity contribution in [1.82, 2.24) is 5.32 Å². The van der Waals surface area contributed by atoms with E-state index in [9.17, 15) is 18.0 Å². The zero-order chi connectivity index (χ0) is 15.5. The molecular weight excluding hydrogens is 285 g/mol. The number of fused-ring (bicyclic) bond motifs is 1. The van der Waals surface area contributed by atoms with E-state index in [4.69, 9.17) is 10.5 Å². The zero-order valence-electron chi connectivity index (χ0n) is 11.4. The number of benzene rings is 1. The number of nitrogens with two attached hydrogens (primary N) is 1. The highest BCUT2D eigenvalue weighted by Crippen LogP contribution is 2.30. The number of amides is 1. The van der Waals surface area contributed by atoms with Gasteiger partial charge in [0.2, 0.25) is 0 Å². The van der Waals surface area contributed by atoms with Crippen molar-refractivity contribution in [3.8, 4) is 5.75 Å². The van der Waals surface area contributed by atoms with Crippen LogP contribution in [0.1, 0.15) is 30.0 Å². The van der Waals surface area contributed by atoms with Gasteiger partial charge in [-0.25, -0.2) is 0 Å². The van der Waals surface area contributed by atoms with Crippen molar-refractivity contribution in [2.24, 2.45) is 5.73 Å². The lowest BCUT2D eigenvalue weighted by molar-refractivity contribution is -0.139. The molecule has 1 aliphatic rings. The molecule has 1 aliphatic carbocycles. The van der Waals surface area contributed by atoms with Crippen molar-refractivity contribution in [2.45, 2.75) is 31.5 Å². The first-order valence-electron chi connectivity index (χ1n) is 6.70. The summed E-state index contributed by atoms with van der Waals surface area (Å²) < 4.78 is 41.0. The monoisotopic (exact) mass is 302 g/mol. The average Bonchev–Trinajstić information content (AvgIpc) is 2.42. The fourth-order valence-electron chi connectivity index (χ4n) is 2.32. The largest absolute Gasteiger partial charge is 0.484 e. The summed E-state index contributed by atoms with van der Waals surface area (Å²) in [4.78, 5) is 11.2. The normalized spacial score (nSPS) is 18.0. The van der Waals surface area contributed by atoms with E-state index >= 15 is 0 Å². The van der Waals surface area contributed by atoms with E-state index in [2.05, 4.69) is 0 Å². The number of halogens is 3. The van der Waals surface area contributed by atoms with Crippen molar-refractivity contribution in [3.63, 3.8) is 0 Å². The van der Waals surface area contributed by atoms with Crippen molar-refractivity contribution in [3.05, 3.63) is 29.3 Å². The Labute approximate surface area is 120 Å². The molecule has 0 bridgehead atoms. The Balaban J connectivity index is 1.88. The van der Waals surface area contributed by atoms with Crippen LogP contribution in [-0.2, 0) is 11.2 Å². The van der Waals surface area contributed by atoms with E-state index in [1.165, 1.54) is 0 Å². The minimum atomic E-state index is -4.42. The van der Waals surface area contributed by atoms with E-state index in [1.807, 2.05) is 6.07 Å². The second-order valence-electron chi connectivity index (χ2n) is 5.04. The smallest absolute Gasteiger partial charge is 0.405 e. The summed E-state index contributed by atoms with van der Waals surface area (Å²) in [5.74, 6) is -0.341. The van der Waals surface area contributed by atoms with E-state index in [0.29, 0.717) is 5.75 Å². The first-order chi connectivity index (χ1) is 9.85. The Hall–Kier alpha value is -1.76. The Morgan fingerprint density at radius 2 is 2.19 bits per heavy atom. The molecule has 1 aromatic rings. The predicted molar refractivity (Wildman–Crippen MR) is 70.9 cm³/mol. The van der Waals surface area contributed by atoms with Gasteiger partial charge in [0.25, 0.3) is 5.91 Å². The Kier molecular flexibility index (Phi) is 4.72. The van der Waals surface area contributed by atoms with Crippen LogP contribution in [0.15, 0.2) is 18.2 Å². The molecule has 0 spiro atoms. The van der Waals surface area contributed by atoms with Crippen molar-refractivity contribution >= 4 is 5.91 Å². The van der Waals surface area contributed by atoms with E-state index in [-0.39, 0.29) is 6.04 Å². The molecule has 2 rings (SSSR count). The van der Waals surface area contributed by atoms with Gasteiger partial charge in [0.1, 0.15) is 12.3 Å². The SMILES string of the molecule is NC1CCCc2cc(OCC(=O)NCC(F)(F)F)ccc21. The van der Waals surface area contributed by atoms with Crippen LogP contribution in [0.2, 0.25) is 0 Å². The Morgan fingerprint density at radius 3 is 2.90 bits per heavy atom. The van der Waals surface area contributed by atoms with Crippen LogP contribution < -0.4 is 15.8 Å². The maximum Gasteiger partial charge on any atom is 0.405 e. The quantitative estimate of drug-likeness (QED) is 0.895. The van der Waals surface area contributed by atoms with Gasteiger partial charge in [-0.1, -0.05) is 6.07 Å². The predicted octanol–water partition coefficient (Wildman–Crippen LogP) is 2.08. The van der Waals surface area contributed by atoms with Gasteiger partial charge in [0, 0.05) is 6.04 Å². The number of carbonyl (C=O) groups excluding carboxylic acids is 1. The molecule has 0 aliphatic heterocycles. The third-order valence-electron chi connectivity index (χ3n) is 3.33. The Bertz CT molecular complexity index is 517. The lowest BCUT2D eigenvalue weighted by atomic mass is 9.88. The fraction of sp³-hybridized carbons (Fsp3) is 0.500. The van der Waals surface area contributed by atoms with Gasteiger partial charge in [-0.05, 0) is 42.5 Å². The van der Waals surface area contributed by atoms with Crippen LogP contribution >= 0.6 is 0 Å². The molecule has 0 heterocycles. The second kappa shape index (κ2) is 6.34. The molecule has 1 amide bonds. The molecular formula is C14H17F3N2O2. The minimum Gasteiger partial charge on any atom is -0.484 e. The van der Waals surface area contributed by atoms with Crippen LogP contribution in [0, 0.1) is 0 Å². The lowest BCUT2D eigenvalue weighted by Gasteiger charge is -2.22. The van der Waals surface area contributed by atoms with Crippen LogP contribution in [0.25, 0.3) is 0 Å². The summed E-state index contributed by atoms with van der Waals surface area (Å²) in [5.41, 5.74) is 8.12. The van der Waals surface area contributed by atoms with Crippen molar-refractivity contribution in [2.75, 3.05) is 13.2 Å². The average molecular weight is 302 g/mol. The number of hydrogen-bond donors (Lipinski definition) is 2. The summed E-state index contributed by atoms with van der Waals surface area (Å²) in [6, 6.07) is 5.34. The molecule has 1 aromatic carbocycles. The summed E-state index contributed by atoms with van der Waals surface area (Å²) >= 11 is 0. The topological polar surface area (TPSA) is 64.3 Å². The van der Waals surface area contributed by atoms with Gasteiger partial charge in [-0.15, -0.1) is 0 Å². The first-order valence-corrected chi connectivity index (χ1v) is 6.70. The highest BCUT2D eigenvalue weighted by Gasteiger charge is 2.27. The summed E-state index contributed by atoms with van der Waals surface area (Å²) in [6.07, 6.45) is -1.60. The number of alkyl halides is 3. The summed E-state index contributed by atoms with van der Waals surface area (Å²) in [6.45, 7) is -1.80. The number of carbonyl (C=O) groups is 1. The molecule has 4 nitrogen and oxygen atoms in total. The minimum absolute atomic E-state index is 0.0119. The standard InChI is InChI=1S/C14H17F3N2O2/c15-14(16,17)8-19-13(20)7-21-10-4-5-11-9(6-10)2-1-3-12(11)18/h4-6,12H,1-3,7-8,18H2,(H,19,20). The molecule has 21 heavy (non-hydrogen) atoms. The lowest BCUT2D eigenvalue weighted by Crippen LogP contribution is -2.36. The van der Waals surface area contributed by atoms with Crippen LogP contribution in [0.4, 0.5) is 13.2 Å². The van der Waals surface area contributed by atoms with Gasteiger partial charge in [0.15, 0.2) is 6.61 Å². The third kappa shape index (κ3) is 4.63. The number of nitrogens with one attached hydrogen (secondary N) is 1.